The second kappa shape index (κ2) is 4.70. The lowest BCUT2D eigenvalue weighted by Gasteiger charge is -2.17. The molecule has 2 rings (SSSR count). The Bertz CT molecular complexity index is 344. The average molecular weight is 201 g/mol. The van der Waals surface area contributed by atoms with Crippen LogP contribution in [0.4, 0.5) is 11.4 Å². The van der Waals surface area contributed by atoms with Gasteiger partial charge >= 0.3 is 0 Å². The van der Waals surface area contributed by atoms with Crippen molar-refractivity contribution in [2.75, 3.05) is 29.9 Å². The van der Waals surface area contributed by atoms with Crippen molar-refractivity contribution in [1.82, 2.24) is 0 Å². The molecule has 1 aromatic rings. The summed E-state index contributed by atoms with van der Waals surface area (Å²) < 4.78 is 0. The number of nitrogens with zero attached hydrogens (tertiary/aromatic N) is 2. The van der Waals surface area contributed by atoms with Gasteiger partial charge in [0.05, 0.1) is 6.07 Å². The van der Waals surface area contributed by atoms with Crippen LogP contribution in [-0.4, -0.2) is 19.6 Å². The van der Waals surface area contributed by atoms with Crippen LogP contribution in [0, 0.1) is 11.3 Å². The fourth-order valence-electron chi connectivity index (χ4n) is 1.91. The number of nitrogens with one attached hydrogen (secondary N) is 1. The molecular formula is C12H15N3. The highest BCUT2D eigenvalue weighted by molar-refractivity contribution is 5.55. The van der Waals surface area contributed by atoms with E-state index in [4.69, 9.17) is 5.26 Å². The van der Waals surface area contributed by atoms with Crippen molar-refractivity contribution in [3.63, 3.8) is 0 Å². The number of rotatable bonds is 3. The summed E-state index contributed by atoms with van der Waals surface area (Å²) in [5, 5.41) is 11.5. The normalized spacial score (nSPS) is 15.0. The molecule has 0 saturated carbocycles. The van der Waals surface area contributed by atoms with Gasteiger partial charge in [-0.25, -0.2) is 0 Å². The van der Waals surface area contributed by atoms with E-state index in [2.05, 4.69) is 28.4 Å². The molecule has 1 N–H and O–H groups in total. The van der Waals surface area contributed by atoms with Gasteiger partial charge in [-0.2, -0.15) is 5.26 Å². The summed E-state index contributed by atoms with van der Waals surface area (Å²) in [5.74, 6) is 0. The fourth-order valence-corrected chi connectivity index (χ4v) is 1.91. The Labute approximate surface area is 90.3 Å². The molecule has 0 bridgehead atoms. The van der Waals surface area contributed by atoms with E-state index < -0.39 is 0 Å². The molecular weight excluding hydrogens is 186 g/mol. The molecule has 0 amide bonds. The predicted molar refractivity (Wildman–Crippen MR) is 62.0 cm³/mol. The zero-order valence-electron chi connectivity index (χ0n) is 8.74. The van der Waals surface area contributed by atoms with Crippen LogP contribution in [0.1, 0.15) is 12.8 Å². The van der Waals surface area contributed by atoms with Gasteiger partial charge in [-0.05, 0) is 37.1 Å². The van der Waals surface area contributed by atoms with Crippen molar-refractivity contribution in [2.24, 2.45) is 0 Å². The van der Waals surface area contributed by atoms with Gasteiger partial charge in [-0.3, -0.25) is 0 Å². The maximum absolute atomic E-state index is 8.43. The zero-order valence-corrected chi connectivity index (χ0v) is 8.74. The highest BCUT2D eigenvalue weighted by atomic mass is 15.1. The maximum atomic E-state index is 8.43. The first-order chi connectivity index (χ1) is 7.40. The van der Waals surface area contributed by atoms with Crippen molar-refractivity contribution in [3.8, 4) is 6.07 Å². The Morgan fingerprint density at radius 2 is 1.87 bits per heavy atom. The molecule has 1 aliphatic rings. The summed E-state index contributed by atoms with van der Waals surface area (Å²) in [6.07, 6.45) is 2.60. The van der Waals surface area contributed by atoms with Crippen LogP contribution in [0.2, 0.25) is 0 Å². The summed E-state index contributed by atoms with van der Waals surface area (Å²) in [6, 6.07) is 10.4. The summed E-state index contributed by atoms with van der Waals surface area (Å²) in [4.78, 5) is 2.40. The van der Waals surface area contributed by atoms with E-state index in [1.165, 1.54) is 31.6 Å². The van der Waals surface area contributed by atoms with Gasteiger partial charge in [0.1, 0.15) is 6.54 Å². The van der Waals surface area contributed by atoms with Crippen LogP contribution in [0.25, 0.3) is 0 Å². The van der Waals surface area contributed by atoms with E-state index in [1.54, 1.807) is 0 Å². The summed E-state index contributed by atoms with van der Waals surface area (Å²) in [7, 11) is 0. The first-order valence-electron chi connectivity index (χ1n) is 5.36. The first-order valence-corrected chi connectivity index (χ1v) is 5.36. The quantitative estimate of drug-likeness (QED) is 0.762. The Hall–Kier alpha value is -1.69. The summed E-state index contributed by atoms with van der Waals surface area (Å²) in [6.45, 7) is 2.71. The van der Waals surface area contributed by atoms with E-state index in [1.807, 2.05) is 12.1 Å². The van der Waals surface area contributed by atoms with Crippen LogP contribution < -0.4 is 10.2 Å². The molecule has 0 spiro atoms. The molecule has 1 fully saturated rings. The van der Waals surface area contributed by atoms with E-state index in [0.717, 1.165) is 5.69 Å². The minimum Gasteiger partial charge on any atom is -0.372 e. The largest absolute Gasteiger partial charge is 0.372 e. The molecule has 1 saturated heterocycles. The molecule has 0 unspecified atom stereocenters. The van der Waals surface area contributed by atoms with Gasteiger partial charge in [0, 0.05) is 24.5 Å². The van der Waals surface area contributed by atoms with Gasteiger partial charge in [0.25, 0.3) is 0 Å². The molecule has 0 aliphatic carbocycles. The number of anilines is 2. The summed E-state index contributed by atoms with van der Waals surface area (Å²) >= 11 is 0. The van der Waals surface area contributed by atoms with Gasteiger partial charge in [0.15, 0.2) is 0 Å². The van der Waals surface area contributed by atoms with Crippen LogP contribution in [-0.2, 0) is 0 Å². The topological polar surface area (TPSA) is 39.1 Å². The zero-order chi connectivity index (χ0) is 10.5. The molecule has 78 valence electrons. The van der Waals surface area contributed by atoms with Crippen molar-refractivity contribution in [3.05, 3.63) is 24.3 Å². The molecule has 0 radical (unpaired) electrons. The second-order valence-electron chi connectivity index (χ2n) is 3.75. The third kappa shape index (κ3) is 2.41. The van der Waals surface area contributed by atoms with E-state index in [0.29, 0.717) is 6.54 Å². The Balaban J connectivity index is 2.00. The molecule has 15 heavy (non-hydrogen) atoms. The van der Waals surface area contributed by atoms with Crippen LogP contribution in [0.5, 0.6) is 0 Å². The monoisotopic (exact) mass is 201 g/mol. The minimum atomic E-state index is 0.364. The van der Waals surface area contributed by atoms with Crippen LogP contribution >= 0.6 is 0 Å². The first kappa shape index (κ1) is 9.85. The van der Waals surface area contributed by atoms with Crippen LogP contribution in [0.3, 0.4) is 0 Å². The van der Waals surface area contributed by atoms with Crippen molar-refractivity contribution in [1.29, 1.82) is 5.26 Å². The molecule has 1 aliphatic heterocycles. The lowest BCUT2D eigenvalue weighted by molar-refractivity contribution is 0.949. The van der Waals surface area contributed by atoms with Crippen LogP contribution in [0.15, 0.2) is 24.3 Å². The van der Waals surface area contributed by atoms with Crippen molar-refractivity contribution in [2.45, 2.75) is 12.8 Å². The Morgan fingerprint density at radius 3 is 2.47 bits per heavy atom. The standard InChI is InChI=1S/C12H15N3/c13-7-8-14-11-3-5-12(6-4-11)15-9-1-2-10-15/h3-6,14H,1-2,8-10H2. The Morgan fingerprint density at radius 1 is 1.20 bits per heavy atom. The molecule has 3 heteroatoms. The van der Waals surface area contributed by atoms with Crippen molar-refractivity contribution < 1.29 is 0 Å². The van der Waals surface area contributed by atoms with E-state index in [9.17, 15) is 0 Å². The minimum absolute atomic E-state index is 0.364. The van der Waals surface area contributed by atoms with E-state index >= 15 is 0 Å². The highest BCUT2D eigenvalue weighted by Crippen LogP contribution is 2.21. The third-order valence-corrected chi connectivity index (χ3v) is 2.71. The number of nitriles is 1. The second-order valence-corrected chi connectivity index (χ2v) is 3.75. The molecule has 3 nitrogen and oxygen atoms in total. The van der Waals surface area contributed by atoms with Gasteiger partial charge in [-0.1, -0.05) is 0 Å². The lowest BCUT2D eigenvalue weighted by Crippen LogP contribution is -2.17. The SMILES string of the molecule is N#CCNc1ccc(N2CCCC2)cc1. The third-order valence-electron chi connectivity index (χ3n) is 2.71. The fraction of sp³-hybridized carbons (Fsp3) is 0.417. The van der Waals surface area contributed by atoms with Crippen molar-refractivity contribution >= 4 is 11.4 Å². The maximum Gasteiger partial charge on any atom is 0.103 e. The predicted octanol–water partition coefficient (Wildman–Crippen LogP) is 2.22. The molecule has 0 aromatic heterocycles. The Kier molecular flexibility index (Phi) is 3.08. The smallest absolute Gasteiger partial charge is 0.103 e. The van der Waals surface area contributed by atoms with Gasteiger partial charge in [0.2, 0.25) is 0 Å². The molecule has 1 heterocycles. The summed E-state index contributed by atoms with van der Waals surface area (Å²) in [5.41, 5.74) is 2.30. The number of benzene rings is 1. The average Bonchev–Trinajstić information content (AvgIpc) is 2.80. The lowest BCUT2D eigenvalue weighted by atomic mass is 10.2. The van der Waals surface area contributed by atoms with Gasteiger partial charge in [-0.15, -0.1) is 0 Å². The van der Waals surface area contributed by atoms with Gasteiger partial charge < -0.3 is 10.2 Å². The molecule has 0 atom stereocenters. The molecule has 1 aromatic carbocycles. The number of hydrogen-bond acceptors (Lipinski definition) is 3. The van der Waals surface area contributed by atoms with E-state index in [-0.39, 0.29) is 0 Å². The number of hydrogen-bond donors (Lipinski definition) is 1. The highest BCUT2D eigenvalue weighted by Gasteiger charge is 2.11.